The Kier molecular flexibility index (Phi) is 5.16. The quantitative estimate of drug-likeness (QED) is 0.532. The zero-order valence-electron chi connectivity index (χ0n) is 18.2. The fourth-order valence-corrected chi connectivity index (χ4v) is 4.57. The molecule has 0 N–H and O–H groups in total. The molecule has 176 valence electrons. The van der Waals surface area contributed by atoms with E-state index in [2.05, 4.69) is 10.2 Å². The van der Waals surface area contributed by atoms with Gasteiger partial charge in [-0.15, -0.1) is 10.2 Å². The summed E-state index contributed by atoms with van der Waals surface area (Å²) in [6.45, 7) is 0. The maximum Gasteiger partial charge on any atom is 0.416 e. The molecule has 2 heterocycles. The molecule has 0 saturated heterocycles. The largest absolute Gasteiger partial charge is 0.423 e. The van der Waals surface area contributed by atoms with Crippen molar-refractivity contribution in [2.45, 2.75) is 25.1 Å². The molecule has 1 aliphatic heterocycles. The SMILES string of the molecule is CN1C(=O)N(c2cccc(C(F)(F)F)c2)C2=C(C(=O)CC2)C1c1ccc(C#N)cc1-c1nnco1. The van der Waals surface area contributed by atoms with Gasteiger partial charge in [0.05, 0.1) is 28.9 Å². The minimum atomic E-state index is -4.59. The van der Waals surface area contributed by atoms with Gasteiger partial charge < -0.3 is 9.32 Å². The third-order valence-corrected chi connectivity index (χ3v) is 6.12. The topological polar surface area (TPSA) is 103 Å². The van der Waals surface area contributed by atoms with Gasteiger partial charge in [-0.25, -0.2) is 4.79 Å². The number of urea groups is 1. The first-order valence-electron chi connectivity index (χ1n) is 10.5. The van der Waals surface area contributed by atoms with Gasteiger partial charge in [-0.05, 0) is 42.3 Å². The number of nitriles is 1. The van der Waals surface area contributed by atoms with Gasteiger partial charge in [0.25, 0.3) is 0 Å². The highest BCUT2D eigenvalue weighted by atomic mass is 19.4. The number of halogens is 3. The van der Waals surface area contributed by atoms with Gasteiger partial charge in [0.2, 0.25) is 12.3 Å². The van der Waals surface area contributed by atoms with Gasteiger partial charge >= 0.3 is 12.2 Å². The second-order valence-electron chi connectivity index (χ2n) is 8.12. The molecular weight excluding hydrogens is 463 g/mol. The van der Waals surface area contributed by atoms with E-state index in [0.29, 0.717) is 28.0 Å². The summed E-state index contributed by atoms with van der Waals surface area (Å²) in [6, 6.07) is 9.72. The molecule has 5 rings (SSSR count). The van der Waals surface area contributed by atoms with Crippen LogP contribution < -0.4 is 4.90 Å². The minimum absolute atomic E-state index is 0.0225. The summed E-state index contributed by atoms with van der Waals surface area (Å²) in [6.07, 6.45) is -3.15. The van der Waals surface area contributed by atoms with Crippen molar-refractivity contribution < 1.29 is 27.2 Å². The third kappa shape index (κ3) is 3.63. The number of rotatable bonds is 3. The van der Waals surface area contributed by atoms with Crippen LogP contribution in [0, 0.1) is 11.3 Å². The van der Waals surface area contributed by atoms with Crippen LogP contribution in [0.4, 0.5) is 23.7 Å². The number of carbonyl (C=O) groups excluding carboxylic acids is 2. The Bertz CT molecular complexity index is 1420. The van der Waals surface area contributed by atoms with Crippen LogP contribution in [0.25, 0.3) is 11.5 Å². The molecule has 35 heavy (non-hydrogen) atoms. The molecule has 3 aromatic rings. The average Bonchev–Trinajstić information content (AvgIpc) is 3.50. The second kappa shape index (κ2) is 8.09. The first-order chi connectivity index (χ1) is 16.7. The number of Topliss-reactive ketones (excluding diaryl/α,β-unsaturated/α-hetero) is 1. The van der Waals surface area contributed by atoms with E-state index in [1.807, 2.05) is 6.07 Å². The van der Waals surface area contributed by atoms with Crippen molar-refractivity contribution >= 4 is 17.5 Å². The molecule has 1 aliphatic carbocycles. The summed E-state index contributed by atoms with van der Waals surface area (Å²) in [5, 5.41) is 16.9. The maximum atomic E-state index is 13.6. The lowest BCUT2D eigenvalue weighted by Gasteiger charge is -2.40. The standard InChI is InChI=1S/C24H16F3N5O3/c1-31-21(16-6-5-13(11-28)9-17(16)22-30-29-12-35-22)20-18(7-8-19(20)33)32(23(31)34)15-4-2-3-14(10-15)24(25,26)27/h2-6,9-10,12,21H,7-8H2,1H3. The van der Waals surface area contributed by atoms with Crippen LogP contribution in [0.15, 0.2) is 64.5 Å². The summed E-state index contributed by atoms with van der Waals surface area (Å²) in [4.78, 5) is 29.1. The van der Waals surface area contributed by atoms with Gasteiger partial charge in [0.1, 0.15) is 0 Å². The van der Waals surface area contributed by atoms with E-state index in [4.69, 9.17) is 4.42 Å². The molecule has 1 aromatic heterocycles. The van der Waals surface area contributed by atoms with E-state index >= 15 is 0 Å². The minimum Gasteiger partial charge on any atom is -0.423 e. The Hall–Kier alpha value is -4.46. The van der Waals surface area contributed by atoms with Gasteiger partial charge in [0.15, 0.2) is 5.78 Å². The normalized spacial score (nSPS) is 18.2. The van der Waals surface area contributed by atoms with Crippen LogP contribution >= 0.6 is 0 Å². The number of amides is 2. The lowest BCUT2D eigenvalue weighted by atomic mass is 9.89. The zero-order chi connectivity index (χ0) is 24.9. The Balaban J connectivity index is 1.70. The Morgan fingerprint density at radius 3 is 2.63 bits per heavy atom. The summed E-state index contributed by atoms with van der Waals surface area (Å²) in [7, 11) is 1.47. The summed E-state index contributed by atoms with van der Waals surface area (Å²) in [5.41, 5.74) is 0.947. The molecule has 1 unspecified atom stereocenters. The van der Waals surface area contributed by atoms with Crippen LogP contribution in [0.5, 0.6) is 0 Å². The fourth-order valence-electron chi connectivity index (χ4n) is 4.57. The predicted molar refractivity (Wildman–Crippen MR) is 116 cm³/mol. The van der Waals surface area contributed by atoms with Gasteiger partial charge in [-0.2, -0.15) is 18.4 Å². The van der Waals surface area contributed by atoms with Crippen molar-refractivity contribution in [3.63, 3.8) is 0 Å². The van der Waals surface area contributed by atoms with E-state index in [9.17, 15) is 28.0 Å². The van der Waals surface area contributed by atoms with Crippen molar-refractivity contribution in [2.75, 3.05) is 11.9 Å². The van der Waals surface area contributed by atoms with Crippen LogP contribution in [0.1, 0.15) is 35.6 Å². The number of likely N-dealkylation sites (N-methyl/N-ethyl adjacent to an activating group) is 1. The number of alkyl halides is 3. The van der Waals surface area contributed by atoms with E-state index < -0.39 is 23.8 Å². The molecule has 11 heteroatoms. The van der Waals surface area contributed by atoms with Crippen molar-refractivity contribution in [2.24, 2.45) is 0 Å². The van der Waals surface area contributed by atoms with E-state index in [0.717, 1.165) is 18.5 Å². The van der Waals surface area contributed by atoms with Gasteiger partial charge in [-0.1, -0.05) is 12.1 Å². The Morgan fingerprint density at radius 2 is 1.94 bits per heavy atom. The number of aromatic nitrogens is 2. The summed E-state index contributed by atoms with van der Waals surface area (Å²) < 4.78 is 45.4. The van der Waals surface area contributed by atoms with Crippen LogP contribution in [0.2, 0.25) is 0 Å². The van der Waals surface area contributed by atoms with Crippen molar-refractivity contribution in [3.8, 4) is 17.5 Å². The molecule has 2 aliphatic rings. The van der Waals surface area contributed by atoms with Crippen LogP contribution in [-0.4, -0.2) is 34.0 Å². The number of carbonyl (C=O) groups is 2. The van der Waals surface area contributed by atoms with Crippen molar-refractivity contribution in [1.82, 2.24) is 15.1 Å². The van der Waals surface area contributed by atoms with Gasteiger partial charge in [-0.3, -0.25) is 9.69 Å². The number of hydrogen-bond acceptors (Lipinski definition) is 6. The van der Waals surface area contributed by atoms with E-state index in [1.54, 1.807) is 12.1 Å². The smallest absolute Gasteiger partial charge is 0.416 e. The summed E-state index contributed by atoms with van der Waals surface area (Å²) in [5.74, 6) is -0.118. The molecule has 0 saturated carbocycles. The predicted octanol–water partition coefficient (Wildman–Crippen LogP) is 4.86. The van der Waals surface area contributed by atoms with Crippen LogP contribution in [-0.2, 0) is 11.0 Å². The molecule has 0 bridgehead atoms. The second-order valence-corrected chi connectivity index (χ2v) is 8.12. The number of anilines is 1. The zero-order valence-corrected chi connectivity index (χ0v) is 18.2. The highest BCUT2D eigenvalue weighted by molar-refractivity contribution is 6.08. The van der Waals surface area contributed by atoms with Crippen LogP contribution in [0.3, 0.4) is 0 Å². The van der Waals surface area contributed by atoms with Crippen molar-refractivity contribution in [1.29, 1.82) is 5.26 Å². The van der Waals surface area contributed by atoms with Crippen molar-refractivity contribution in [3.05, 3.63) is 76.8 Å². The first-order valence-corrected chi connectivity index (χ1v) is 10.5. The average molecular weight is 479 g/mol. The molecule has 2 aromatic carbocycles. The number of hydrogen-bond donors (Lipinski definition) is 0. The molecule has 0 spiro atoms. The lowest BCUT2D eigenvalue weighted by Crippen LogP contribution is -2.48. The number of ketones is 1. The fraction of sp³-hybridized carbons (Fsp3) is 0.208. The highest BCUT2D eigenvalue weighted by Gasteiger charge is 2.45. The number of benzene rings is 2. The van der Waals surface area contributed by atoms with E-state index in [-0.39, 0.29) is 30.2 Å². The Morgan fingerprint density at radius 1 is 1.14 bits per heavy atom. The lowest BCUT2D eigenvalue weighted by molar-refractivity contribution is -0.137. The molecule has 1 atom stereocenters. The third-order valence-electron chi connectivity index (χ3n) is 6.12. The molecule has 2 amide bonds. The highest BCUT2D eigenvalue weighted by Crippen LogP contribution is 2.46. The first kappa shape index (κ1) is 22.3. The monoisotopic (exact) mass is 479 g/mol. The number of allylic oxidation sites excluding steroid dienone is 1. The molecular formula is C24H16F3N5O3. The summed E-state index contributed by atoms with van der Waals surface area (Å²) >= 11 is 0. The molecule has 8 nitrogen and oxygen atoms in total. The Labute approximate surface area is 196 Å². The maximum absolute atomic E-state index is 13.6. The van der Waals surface area contributed by atoms with Gasteiger partial charge in [0, 0.05) is 30.3 Å². The van der Waals surface area contributed by atoms with E-state index in [1.165, 1.54) is 35.0 Å². The molecule has 0 radical (unpaired) electrons. The number of nitrogens with zero attached hydrogens (tertiary/aromatic N) is 5. The molecule has 0 fully saturated rings.